The van der Waals surface area contributed by atoms with E-state index in [0.29, 0.717) is 22.2 Å². The van der Waals surface area contributed by atoms with Gasteiger partial charge in [0.2, 0.25) is 0 Å². The van der Waals surface area contributed by atoms with Crippen LogP contribution in [0.5, 0.6) is 0 Å². The highest BCUT2D eigenvalue weighted by Crippen LogP contribution is 2.20. The summed E-state index contributed by atoms with van der Waals surface area (Å²) in [6, 6.07) is 6.86. The van der Waals surface area contributed by atoms with Gasteiger partial charge < -0.3 is 5.32 Å². The lowest BCUT2D eigenvalue weighted by Crippen LogP contribution is -2.23. The molecule has 0 spiro atoms. The number of carbonyl (C=O) groups is 1. The van der Waals surface area contributed by atoms with E-state index in [9.17, 15) is 4.79 Å². The number of nitrogens with one attached hydrogen (secondary N) is 1. The molecule has 0 aliphatic carbocycles. The quantitative estimate of drug-likeness (QED) is 0.897. The molecule has 0 aliphatic rings. The molecular weight excluding hydrogens is 351 g/mol. The van der Waals surface area contributed by atoms with Gasteiger partial charge >= 0.3 is 0 Å². The number of hydrogen-bond acceptors (Lipinski definition) is 2. The Labute approximate surface area is 129 Å². The molecule has 1 N–H and O–H groups in total. The zero-order chi connectivity index (χ0) is 13.8. The molecule has 6 heteroatoms. The van der Waals surface area contributed by atoms with E-state index in [1.807, 2.05) is 0 Å². The van der Waals surface area contributed by atoms with Crippen LogP contribution >= 0.6 is 39.1 Å². The van der Waals surface area contributed by atoms with Crippen molar-refractivity contribution >= 4 is 45.0 Å². The summed E-state index contributed by atoms with van der Waals surface area (Å²) in [5, 5.41) is 3.87. The predicted molar refractivity (Wildman–Crippen MR) is 79.6 cm³/mol. The molecule has 0 bridgehead atoms. The number of rotatable bonds is 3. The number of carbonyl (C=O) groups excluding carboxylic acids is 1. The Kier molecular flexibility index (Phi) is 4.80. The number of pyridine rings is 1. The number of halogens is 3. The standard InChI is InChI=1S/C13H9BrCl2N2O/c14-10-3-9(5-17-7-10)13(19)18-6-8-1-2-11(15)4-12(8)16/h1-5,7H,6H2,(H,18,19). The smallest absolute Gasteiger partial charge is 0.253 e. The predicted octanol–water partition coefficient (Wildman–Crippen LogP) is 4.08. The van der Waals surface area contributed by atoms with Gasteiger partial charge in [-0.15, -0.1) is 0 Å². The van der Waals surface area contributed by atoms with Crippen LogP contribution < -0.4 is 5.32 Å². The first kappa shape index (κ1) is 14.3. The van der Waals surface area contributed by atoms with E-state index in [0.717, 1.165) is 10.0 Å². The summed E-state index contributed by atoms with van der Waals surface area (Å²) in [6.07, 6.45) is 3.12. The van der Waals surface area contributed by atoms with Gasteiger partial charge in [-0.25, -0.2) is 0 Å². The lowest BCUT2D eigenvalue weighted by atomic mass is 10.2. The van der Waals surface area contributed by atoms with Gasteiger partial charge in [-0.1, -0.05) is 29.3 Å². The maximum absolute atomic E-state index is 11.9. The van der Waals surface area contributed by atoms with Crippen molar-refractivity contribution in [2.45, 2.75) is 6.54 Å². The molecule has 19 heavy (non-hydrogen) atoms. The molecule has 0 unspecified atom stereocenters. The minimum Gasteiger partial charge on any atom is -0.348 e. The van der Waals surface area contributed by atoms with E-state index in [1.54, 1.807) is 30.5 Å². The molecule has 0 radical (unpaired) electrons. The lowest BCUT2D eigenvalue weighted by Gasteiger charge is -2.07. The van der Waals surface area contributed by atoms with Crippen molar-refractivity contribution in [3.05, 3.63) is 62.3 Å². The third-order valence-electron chi connectivity index (χ3n) is 2.42. The summed E-state index contributed by atoms with van der Waals surface area (Å²) in [5.41, 5.74) is 1.29. The summed E-state index contributed by atoms with van der Waals surface area (Å²) < 4.78 is 0.754. The van der Waals surface area contributed by atoms with Crippen LogP contribution in [-0.2, 0) is 6.54 Å². The fourth-order valence-corrected chi connectivity index (χ4v) is 2.32. The molecule has 0 saturated heterocycles. The Balaban J connectivity index is 2.04. The van der Waals surface area contributed by atoms with Gasteiger partial charge in [-0.3, -0.25) is 9.78 Å². The Bertz CT molecular complexity index is 619. The molecule has 1 heterocycles. The molecule has 1 aromatic heterocycles. The van der Waals surface area contributed by atoms with Crippen molar-refractivity contribution in [3.8, 4) is 0 Å². The Morgan fingerprint density at radius 2 is 2.05 bits per heavy atom. The lowest BCUT2D eigenvalue weighted by molar-refractivity contribution is 0.0950. The minimum atomic E-state index is -0.209. The highest BCUT2D eigenvalue weighted by atomic mass is 79.9. The minimum absolute atomic E-state index is 0.209. The number of hydrogen-bond donors (Lipinski definition) is 1. The molecule has 2 rings (SSSR count). The molecule has 98 valence electrons. The zero-order valence-corrected chi connectivity index (χ0v) is 12.8. The summed E-state index contributed by atoms with van der Waals surface area (Å²) in [7, 11) is 0. The SMILES string of the molecule is O=C(NCc1ccc(Cl)cc1Cl)c1cncc(Br)c1. The van der Waals surface area contributed by atoms with Gasteiger partial charge in [0.25, 0.3) is 5.91 Å². The third kappa shape index (κ3) is 3.93. The second-order valence-electron chi connectivity index (χ2n) is 3.81. The first-order valence-corrected chi connectivity index (χ1v) is 6.94. The van der Waals surface area contributed by atoms with Crippen molar-refractivity contribution in [2.24, 2.45) is 0 Å². The van der Waals surface area contributed by atoms with Crippen molar-refractivity contribution in [3.63, 3.8) is 0 Å². The van der Waals surface area contributed by atoms with Gasteiger partial charge in [-0.2, -0.15) is 0 Å². The summed E-state index contributed by atoms with van der Waals surface area (Å²) in [6.45, 7) is 0.335. The maximum atomic E-state index is 11.9. The van der Waals surface area contributed by atoms with Crippen LogP contribution in [0, 0.1) is 0 Å². The zero-order valence-electron chi connectivity index (χ0n) is 9.66. The van der Waals surface area contributed by atoms with Crippen LogP contribution in [0.2, 0.25) is 10.0 Å². The second-order valence-corrected chi connectivity index (χ2v) is 5.57. The van der Waals surface area contributed by atoms with Crippen LogP contribution in [-0.4, -0.2) is 10.9 Å². The number of benzene rings is 1. The highest BCUT2D eigenvalue weighted by molar-refractivity contribution is 9.10. The summed E-state index contributed by atoms with van der Waals surface area (Å²) in [4.78, 5) is 15.8. The van der Waals surface area contributed by atoms with Gasteiger partial charge in [0, 0.05) is 33.5 Å². The molecule has 0 fully saturated rings. The average Bonchev–Trinajstić information content (AvgIpc) is 2.37. The van der Waals surface area contributed by atoms with E-state index in [2.05, 4.69) is 26.2 Å². The molecule has 0 aliphatic heterocycles. The van der Waals surface area contributed by atoms with Crippen LogP contribution in [0.4, 0.5) is 0 Å². The van der Waals surface area contributed by atoms with Gasteiger partial charge in [0.15, 0.2) is 0 Å². The molecule has 3 nitrogen and oxygen atoms in total. The topological polar surface area (TPSA) is 42.0 Å². The fourth-order valence-electron chi connectivity index (χ4n) is 1.48. The molecule has 0 atom stereocenters. The van der Waals surface area contributed by atoms with E-state index in [1.165, 1.54) is 6.20 Å². The van der Waals surface area contributed by atoms with Gasteiger partial charge in [0.05, 0.1) is 5.56 Å². The van der Waals surface area contributed by atoms with E-state index < -0.39 is 0 Å². The third-order valence-corrected chi connectivity index (χ3v) is 3.44. The Morgan fingerprint density at radius 3 is 2.74 bits per heavy atom. The number of amides is 1. The Morgan fingerprint density at radius 1 is 1.26 bits per heavy atom. The molecule has 0 saturated carbocycles. The van der Waals surface area contributed by atoms with Crippen LogP contribution in [0.15, 0.2) is 41.1 Å². The van der Waals surface area contributed by atoms with E-state index in [4.69, 9.17) is 23.2 Å². The monoisotopic (exact) mass is 358 g/mol. The number of aromatic nitrogens is 1. The second kappa shape index (κ2) is 6.37. The first-order valence-electron chi connectivity index (χ1n) is 5.39. The van der Waals surface area contributed by atoms with E-state index in [-0.39, 0.29) is 5.91 Å². The Hall–Kier alpha value is -1.10. The van der Waals surface area contributed by atoms with Crippen molar-refractivity contribution in [2.75, 3.05) is 0 Å². The fraction of sp³-hybridized carbons (Fsp3) is 0.0769. The van der Waals surface area contributed by atoms with E-state index >= 15 is 0 Å². The normalized spacial score (nSPS) is 10.3. The summed E-state index contributed by atoms with van der Waals surface area (Å²) in [5.74, 6) is -0.209. The maximum Gasteiger partial charge on any atom is 0.253 e. The molecule has 1 amide bonds. The van der Waals surface area contributed by atoms with Gasteiger partial charge in [-0.05, 0) is 39.7 Å². The van der Waals surface area contributed by atoms with Crippen LogP contribution in [0.3, 0.4) is 0 Å². The summed E-state index contributed by atoms with van der Waals surface area (Å²) >= 11 is 15.1. The number of nitrogens with zero attached hydrogens (tertiary/aromatic N) is 1. The molecule has 2 aromatic rings. The average molecular weight is 360 g/mol. The molecule has 1 aromatic carbocycles. The van der Waals surface area contributed by atoms with Crippen molar-refractivity contribution in [1.29, 1.82) is 0 Å². The van der Waals surface area contributed by atoms with Crippen LogP contribution in [0.25, 0.3) is 0 Å². The van der Waals surface area contributed by atoms with Crippen molar-refractivity contribution < 1.29 is 4.79 Å². The highest BCUT2D eigenvalue weighted by Gasteiger charge is 2.07. The first-order chi connectivity index (χ1) is 9.06. The van der Waals surface area contributed by atoms with Crippen LogP contribution in [0.1, 0.15) is 15.9 Å². The van der Waals surface area contributed by atoms with Gasteiger partial charge in [0.1, 0.15) is 0 Å². The molecular formula is C13H9BrCl2N2O. The largest absolute Gasteiger partial charge is 0.348 e. The van der Waals surface area contributed by atoms with Crippen molar-refractivity contribution in [1.82, 2.24) is 10.3 Å².